The van der Waals surface area contributed by atoms with Gasteiger partial charge in [0, 0.05) is 26.7 Å². The average Bonchev–Trinajstić information content (AvgIpc) is 2.60. The molecule has 0 spiro atoms. The molecule has 1 N–H and O–H groups in total. The zero-order chi connectivity index (χ0) is 18.3. The maximum absolute atomic E-state index is 12.9. The predicted octanol–water partition coefficient (Wildman–Crippen LogP) is 0.285. The summed E-state index contributed by atoms with van der Waals surface area (Å²) in [5.41, 5.74) is 0. The van der Waals surface area contributed by atoms with Crippen LogP contribution in [-0.4, -0.2) is 76.5 Å². The van der Waals surface area contributed by atoms with Crippen molar-refractivity contribution in [3.8, 4) is 0 Å². The van der Waals surface area contributed by atoms with E-state index in [-0.39, 0.29) is 17.3 Å². The second kappa shape index (κ2) is 9.23. The van der Waals surface area contributed by atoms with Gasteiger partial charge < -0.3 is 10.1 Å². The summed E-state index contributed by atoms with van der Waals surface area (Å²) in [6.45, 7) is 4.33. The number of amides is 1. The molecule has 0 bridgehead atoms. The van der Waals surface area contributed by atoms with E-state index in [1.165, 1.54) is 19.2 Å². The molecular formula is C16H24FN3O4S. The number of hydrogen-bond acceptors (Lipinski definition) is 5. The molecule has 0 unspecified atom stereocenters. The number of sulfonamides is 1. The quantitative estimate of drug-likeness (QED) is 0.663. The van der Waals surface area contributed by atoms with Crippen LogP contribution >= 0.6 is 0 Å². The van der Waals surface area contributed by atoms with Gasteiger partial charge in [0.25, 0.3) is 0 Å². The Morgan fingerprint density at radius 2 is 1.92 bits per heavy atom. The van der Waals surface area contributed by atoms with Gasteiger partial charge in [-0.3, -0.25) is 9.69 Å². The number of rotatable bonds is 8. The van der Waals surface area contributed by atoms with Crippen LogP contribution in [0.5, 0.6) is 0 Å². The average molecular weight is 373 g/mol. The van der Waals surface area contributed by atoms with Crippen LogP contribution in [0, 0.1) is 5.82 Å². The summed E-state index contributed by atoms with van der Waals surface area (Å²) >= 11 is 0. The number of ether oxygens (including phenoxy) is 1. The van der Waals surface area contributed by atoms with Gasteiger partial charge in [-0.2, -0.15) is 4.31 Å². The molecule has 1 aliphatic heterocycles. The first-order valence-corrected chi connectivity index (χ1v) is 9.62. The van der Waals surface area contributed by atoms with Crippen LogP contribution in [0.25, 0.3) is 0 Å². The van der Waals surface area contributed by atoms with Crippen LogP contribution in [0.4, 0.5) is 4.39 Å². The highest BCUT2D eigenvalue weighted by atomic mass is 32.2. The summed E-state index contributed by atoms with van der Waals surface area (Å²) in [6, 6.07) is 4.52. The van der Waals surface area contributed by atoms with E-state index in [9.17, 15) is 17.6 Å². The standard InChI is InChI=1S/C16H24FN3O4S/c1-19(25(22,23)15-5-3-14(17)4-6-15)13-16(21)18-7-2-8-20-9-11-24-12-10-20/h3-6H,2,7-13H2,1H3,(H,18,21). The van der Waals surface area contributed by atoms with E-state index in [0.29, 0.717) is 6.54 Å². The van der Waals surface area contributed by atoms with Crippen LogP contribution in [-0.2, 0) is 19.6 Å². The van der Waals surface area contributed by atoms with E-state index < -0.39 is 15.8 Å². The number of benzene rings is 1. The Labute approximate surface area is 147 Å². The number of nitrogens with zero attached hydrogens (tertiary/aromatic N) is 2. The maximum Gasteiger partial charge on any atom is 0.243 e. The number of nitrogens with one attached hydrogen (secondary N) is 1. The molecule has 140 valence electrons. The highest BCUT2D eigenvalue weighted by molar-refractivity contribution is 7.89. The van der Waals surface area contributed by atoms with Gasteiger partial charge in [0.1, 0.15) is 5.82 Å². The molecule has 7 nitrogen and oxygen atoms in total. The van der Waals surface area contributed by atoms with Gasteiger partial charge in [-0.1, -0.05) is 0 Å². The Kier molecular flexibility index (Phi) is 7.30. The Balaban J connectivity index is 1.74. The number of carbonyl (C=O) groups is 1. The zero-order valence-electron chi connectivity index (χ0n) is 14.3. The van der Waals surface area contributed by atoms with Crippen LogP contribution in [0.15, 0.2) is 29.2 Å². The summed E-state index contributed by atoms with van der Waals surface area (Å²) in [7, 11) is -2.49. The predicted molar refractivity (Wildman–Crippen MR) is 91.1 cm³/mol. The van der Waals surface area contributed by atoms with Gasteiger partial charge >= 0.3 is 0 Å². The Morgan fingerprint density at radius 3 is 2.56 bits per heavy atom. The lowest BCUT2D eigenvalue weighted by Crippen LogP contribution is -2.40. The van der Waals surface area contributed by atoms with Crippen molar-refractivity contribution in [3.05, 3.63) is 30.1 Å². The van der Waals surface area contributed by atoms with Crippen molar-refractivity contribution >= 4 is 15.9 Å². The van der Waals surface area contributed by atoms with Crippen LogP contribution in [0.1, 0.15) is 6.42 Å². The number of hydrogen-bond donors (Lipinski definition) is 1. The fraction of sp³-hybridized carbons (Fsp3) is 0.562. The smallest absolute Gasteiger partial charge is 0.243 e. The molecule has 9 heteroatoms. The van der Waals surface area contributed by atoms with E-state index in [1.54, 1.807) is 0 Å². The summed E-state index contributed by atoms with van der Waals surface area (Å²) in [6.07, 6.45) is 0.792. The van der Waals surface area contributed by atoms with E-state index in [4.69, 9.17) is 4.74 Å². The molecule has 1 aromatic rings. The molecule has 25 heavy (non-hydrogen) atoms. The molecule has 0 atom stereocenters. The molecule has 1 aromatic carbocycles. The molecule has 0 aromatic heterocycles. The summed E-state index contributed by atoms with van der Waals surface area (Å²) in [5.74, 6) is -0.880. The highest BCUT2D eigenvalue weighted by Gasteiger charge is 2.22. The first-order chi connectivity index (χ1) is 11.9. The van der Waals surface area contributed by atoms with Crippen LogP contribution in [0.3, 0.4) is 0 Å². The molecule has 2 rings (SSSR count). The van der Waals surface area contributed by atoms with Crippen molar-refractivity contribution in [3.63, 3.8) is 0 Å². The van der Waals surface area contributed by atoms with Gasteiger partial charge in [-0.25, -0.2) is 12.8 Å². The van der Waals surface area contributed by atoms with Crippen molar-refractivity contribution in [1.82, 2.24) is 14.5 Å². The lowest BCUT2D eigenvalue weighted by molar-refractivity contribution is -0.121. The molecule has 1 heterocycles. The second-order valence-corrected chi connectivity index (χ2v) is 7.92. The number of carbonyl (C=O) groups excluding carboxylic acids is 1. The van der Waals surface area contributed by atoms with Crippen molar-refractivity contribution in [2.75, 3.05) is 53.0 Å². The fourth-order valence-electron chi connectivity index (χ4n) is 2.48. The zero-order valence-corrected chi connectivity index (χ0v) is 15.1. The Morgan fingerprint density at radius 1 is 1.28 bits per heavy atom. The molecule has 0 saturated carbocycles. The van der Waals surface area contributed by atoms with E-state index >= 15 is 0 Å². The topological polar surface area (TPSA) is 79.0 Å². The summed E-state index contributed by atoms with van der Waals surface area (Å²) < 4.78 is 43.8. The number of halogens is 1. The molecule has 0 aliphatic carbocycles. The molecule has 0 radical (unpaired) electrons. The lowest BCUT2D eigenvalue weighted by atomic mass is 10.3. The van der Waals surface area contributed by atoms with Gasteiger partial charge in [-0.15, -0.1) is 0 Å². The highest BCUT2D eigenvalue weighted by Crippen LogP contribution is 2.14. The SMILES string of the molecule is CN(CC(=O)NCCCN1CCOCC1)S(=O)(=O)c1ccc(F)cc1. The molecular weight excluding hydrogens is 349 g/mol. The van der Waals surface area contributed by atoms with E-state index in [1.807, 2.05) is 0 Å². The third-order valence-electron chi connectivity index (χ3n) is 3.97. The Hall–Kier alpha value is -1.55. The second-order valence-electron chi connectivity index (χ2n) is 5.87. The lowest BCUT2D eigenvalue weighted by Gasteiger charge is -2.26. The van der Waals surface area contributed by atoms with Gasteiger partial charge in [-0.05, 0) is 37.2 Å². The Bertz CT molecular complexity index is 660. The third kappa shape index (κ3) is 6.03. The van der Waals surface area contributed by atoms with Crippen molar-refractivity contribution in [2.24, 2.45) is 0 Å². The molecule has 1 fully saturated rings. The maximum atomic E-state index is 12.9. The van der Waals surface area contributed by atoms with Crippen LogP contribution in [0.2, 0.25) is 0 Å². The molecule has 1 aliphatic rings. The fourth-order valence-corrected chi connectivity index (χ4v) is 3.61. The van der Waals surface area contributed by atoms with Gasteiger partial charge in [0.15, 0.2) is 0 Å². The summed E-state index contributed by atoms with van der Waals surface area (Å²) in [4.78, 5) is 14.1. The number of likely N-dealkylation sites (N-methyl/N-ethyl adjacent to an activating group) is 1. The van der Waals surface area contributed by atoms with Crippen molar-refractivity contribution in [2.45, 2.75) is 11.3 Å². The first-order valence-electron chi connectivity index (χ1n) is 8.18. The van der Waals surface area contributed by atoms with Gasteiger partial charge in [0.2, 0.25) is 15.9 Å². The minimum atomic E-state index is -3.81. The monoisotopic (exact) mass is 373 g/mol. The third-order valence-corrected chi connectivity index (χ3v) is 5.78. The van der Waals surface area contributed by atoms with E-state index in [2.05, 4.69) is 10.2 Å². The number of morpholine rings is 1. The largest absolute Gasteiger partial charge is 0.379 e. The van der Waals surface area contributed by atoms with Crippen LogP contribution < -0.4 is 5.32 Å². The minimum Gasteiger partial charge on any atom is -0.379 e. The molecule has 1 saturated heterocycles. The minimum absolute atomic E-state index is 0.0449. The molecule has 1 amide bonds. The van der Waals surface area contributed by atoms with Gasteiger partial charge in [0.05, 0.1) is 24.7 Å². The van der Waals surface area contributed by atoms with E-state index in [0.717, 1.165) is 55.7 Å². The normalized spacial score (nSPS) is 16.1. The van der Waals surface area contributed by atoms with Crippen molar-refractivity contribution < 1.29 is 22.3 Å². The van der Waals surface area contributed by atoms with Crippen molar-refractivity contribution in [1.29, 1.82) is 0 Å². The first kappa shape index (κ1) is 19.8. The summed E-state index contributed by atoms with van der Waals surface area (Å²) in [5, 5.41) is 2.72.